The summed E-state index contributed by atoms with van der Waals surface area (Å²) in [6, 6.07) is 0.675. The van der Waals surface area contributed by atoms with Gasteiger partial charge in [-0.3, -0.25) is 4.79 Å². The van der Waals surface area contributed by atoms with Crippen molar-refractivity contribution in [3.05, 3.63) is 0 Å². The molecular formula is C15H31N3O. The van der Waals surface area contributed by atoms with Crippen LogP contribution in [0.5, 0.6) is 0 Å². The summed E-state index contributed by atoms with van der Waals surface area (Å²) in [5.41, 5.74) is 5.74. The predicted octanol–water partition coefficient (Wildman–Crippen LogP) is 1.69. The Morgan fingerprint density at radius 1 is 1.32 bits per heavy atom. The molecule has 0 aromatic rings. The SMILES string of the molecule is CC(N)CCCC(C)C(=O)N(C)C1CCN(C)CC1. The molecule has 0 spiro atoms. The maximum Gasteiger partial charge on any atom is 0.225 e. The summed E-state index contributed by atoms with van der Waals surface area (Å²) in [6.45, 7) is 6.27. The fourth-order valence-corrected chi connectivity index (χ4v) is 2.78. The molecule has 1 aliphatic heterocycles. The molecule has 1 amide bonds. The minimum absolute atomic E-state index is 0.128. The summed E-state index contributed by atoms with van der Waals surface area (Å²) >= 11 is 0. The van der Waals surface area contributed by atoms with E-state index in [1.807, 2.05) is 18.9 Å². The molecule has 1 fully saturated rings. The molecule has 1 saturated heterocycles. The van der Waals surface area contributed by atoms with E-state index in [0.717, 1.165) is 45.2 Å². The van der Waals surface area contributed by atoms with E-state index in [4.69, 9.17) is 5.73 Å². The molecule has 0 aromatic heterocycles. The molecule has 1 rings (SSSR count). The summed E-state index contributed by atoms with van der Waals surface area (Å²) in [4.78, 5) is 16.7. The monoisotopic (exact) mass is 269 g/mol. The predicted molar refractivity (Wildman–Crippen MR) is 80.0 cm³/mol. The van der Waals surface area contributed by atoms with Gasteiger partial charge in [0.2, 0.25) is 5.91 Å². The molecule has 112 valence electrons. The highest BCUT2D eigenvalue weighted by atomic mass is 16.2. The van der Waals surface area contributed by atoms with Gasteiger partial charge >= 0.3 is 0 Å². The lowest BCUT2D eigenvalue weighted by atomic mass is 9.98. The van der Waals surface area contributed by atoms with Crippen LogP contribution >= 0.6 is 0 Å². The molecule has 1 heterocycles. The molecular weight excluding hydrogens is 238 g/mol. The average Bonchev–Trinajstić information content (AvgIpc) is 2.37. The van der Waals surface area contributed by atoms with Gasteiger partial charge in [-0.05, 0) is 52.7 Å². The smallest absolute Gasteiger partial charge is 0.225 e. The van der Waals surface area contributed by atoms with Crippen molar-refractivity contribution < 1.29 is 4.79 Å². The number of hydrogen-bond donors (Lipinski definition) is 1. The zero-order valence-electron chi connectivity index (χ0n) is 13.1. The second kappa shape index (κ2) is 7.85. The van der Waals surface area contributed by atoms with E-state index in [0.29, 0.717) is 11.9 Å². The van der Waals surface area contributed by atoms with Gasteiger partial charge in [0, 0.05) is 25.0 Å². The molecule has 4 heteroatoms. The van der Waals surface area contributed by atoms with E-state index >= 15 is 0 Å². The Morgan fingerprint density at radius 3 is 2.42 bits per heavy atom. The topological polar surface area (TPSA) is 49.6 Å². The number of rotatable bonds is 6. The first-order chi connectivity index (χ1) is 8.91. The minimum Gasteiger partial charge on any atom is -0.342 e. The van der Waals surface area contributed by atoms with Crippen molar-refractivity contribution in [2.24, 2.45) is 11.7 Å². The van der Waals surface area contributed by atoms with Gasteiger partial charge in [-0.15, -0.1) is 0 Å². The first-order valence-electron chi connectivity index (χ1n) is 7.62. The van der Waals surface area contributed by atoms with Gasteiger partial charge in [-0.25, -0.2) is 0 Å². The molecule has 0 saturated carbocycles. The molecule has 0 aromatic carbocycles. The van der Waals surface area contributed by atoms with Crippen molar-refractivity contribution in [2.45, 2.75) is 58.0 Å². The molecule has 1 aliphatic rings. The van der Waals surface area contributed by atoms with E-state index in [1.165, 1.54) is 0 Å². The number of likely N-dealkylation sites (tertiary alicyclic amines) is 1. The van der Waals surface area contributed by atoms with Gasteiger partial charge in [-0.1, -0.05) is 13.3 Å². The highest BCUT2D eigenvalue weighted by molar-refractivity contribution is 5.78. The molecule has 2 unspecified atom stereocenters. The summed E-state index contributed by atoms with van der Waals surface area (Å²) in [5.74, 6) is 0.433. The van der Waals surface area contributed by atoms with Crippen LogP contribution in [-0.2, 0) is 4.79 Å². The molecule has 2 atom stereocenters. The normalized spacial score (nSPS) is 21.1. The van der Waals surface area contributed by atoms with Crippen molar-refractivity contribution >= 4 is 5.91 Å². The summed E-state index contributed by atoms with van der Waals surface area (Å²) in [5, 5.41) is 0. The summed E-state index contributed by atoms with van der Waals surface area (Å²) < 4.78 is 0. The lowest BCUT2D eigenvalue weighted by Crippen LogP contribution is -2.46. The quantitative estimate of drug-likeness (QED) is 0.798. The van der Waals surface area contributed by atoms with Crippen LogP contribution in [0.2, 0.25) is 0 Å². The van der Waals surface area contributed by atoms with Crippen LogP contribution in [0.3, 0.4) is 0 Å². The standard InChI is InChI=1S/C15H31N3O/c1-12(6-5-7-13(2)16)15(19)18(4)14-8-10-17(3)11-9-14/h12-14H,5-11,16H2,1-4H3. The van der Waals surface area contributed by atoms with E-state index in [2.05, 4.69) is 18.9 Å². The Morgan fingerprint density at radius 2 is 1.89 bits per heavy atom. The van der Waals surface area contributed by atoms with E-state index < -0.39 is 0 Å². The Bertz CT molecular complexity index is 273. The second-order valence-electron chi connectivity index (χ2n) is 6.29. The largest absolute Gasteiger partial charge is 0.342 e. The van der Waals surface area contributed by atoms with Gasteiger partial charge in [0.05, 0.1) is 0 Å². The van der Waals surface area contributed by atoms with Gasteiger partial charge in [0.25, 0.3) is 0 Å². The Balaban J connectivity index is 2.34. The third kappa shape index (κ3) is 5.49. The minimum atomic E-state index is 0.128. The van der Waals surface area contributed by atoms with Crippen LogP contribution in [0.4, 0.5) is 0 Å². The maximum atomic E-state index is 12.4. The molecule has 0 aliphatic carbocycles. The summed E-state index contributed by atoms with van der Waals surface area (Å²) in [7, 11) is 4.12. The number of hydrogen-bond acceptors (Lipinski definition) is 3. The van der Waals surface area contributed by atoms with Gasteiger partial charge in [0.1, 0.15) is 0 Å². The maximum absolute atomic E-state index is 12.4. The van der Waals surface area contributed by atoms with Crippen molar-refractivity contribution in [1.29, 1.82) is 0 Å². The first-order valence-corrected chi connectivity index (χ1v) is 7.62. The fraction of sp³-hybridized carbons (Fsp3) is 0.933. The number of carbonyl (C=O) groups excluding carboxylic acids is 1. The lowest BCUT2D eigenvalue weighted by Gasteiger charge is -2.36. The van der Waals surface area contributed by atoms with Crippen molar-refractivity contribution in [1.82, 2.24) is 9.80 Å². The van der Waals surface area contributed by atoms with E-state index in [-0.39, 0.29) is 12.0 Å². The average molecular weight is 269 g/mol. The van der Waals surface area contributed by atoms with E-state index in [9.17, 15) is 4.79 Å². The molecule has 2 N–H and O–H groups in total. The summed E-state index contributed by atoms with van der Waals surface area (Å²) in [6.07, 6.45) is 5.22. The third-order valence-electron chi connectivity index (χ3n) is 4.30. The van der Waals surface area contributed by atoms with Crippen LogP contribution in [0, 0.1) is 5.92 Å². The Kier molecular flexibility index (Phi) is 6.80. The van der Waals surface area contributed by atoms with Gasteiger partial charge in [0.15, 0.2) is 0 Å². The van der Waals surface area contributed by atoms with Gasteiger partial charge in [-0.2, -0.15) is 0 Å². The van der Waals surface area contributed by atoms with Crippen molar-refractivity contribution in [3.8, 4) is 0 Å². The van der Waals surface area contributed by atoms with Crippen LogP contribution in [0.15, 0.2) is 0 Å². The fourth-order valence-electron chi connectivity index (χ4n) is 2.78. The zero-order valence-corrected chi connectivity index (χ0v) is 13.1. The highest BCUT2D eigenvalue weighted by Crippen LogP contribution is 2.18. The van der Waals surface area contributed by atoms with Crippen molar-refractivity contribution in [2.75, 3.05) is 27.2 Å². The number of carbonyl (C=O) groups is 1. The van der Waals surface area contributed by atoms with Crippen LogP contribution in [0.1, 0.15) is 46.0 Å². The Hall–Kier alpha value is -0.610. The highest BCUT2D eigenvalue weighted by Gasteiger charge is 2.26. The first kappa shape index (κ1) is 16.4. The lowest BCUT2D eigenvalue weighted by molar-refractivity contribution is -0.136. The van der Waals surface area contributed by atoms with E-state index in [1.54, 1.807) is 0 Å². The van der Waals surface area contributed by atoms with Crippen LogP contribution in [0.25, 0.3) is 0 Å². The van der Waals surface area contributed by atoms with Crippen LogP contribution in [-0.4, -0.2) is 55.0 Å². The molecule has 4 nitrogen and oxygen atoms in total. The zero-order chi connectivity index (χ0) is 14.4. The molecule has 0 radical (unpaired) electrons. The molecule has 0 bridgehead atoms. The second-order valence-corrected chi connectivity index (χ2v) is 6.29. The van der Waals surface area contributed by atoms with Gasteiger partial charge < -0.3 is 15.5 Å². The number of piperidine rings is 1. The van der Waals surface area contributed by atoms with Crippen LogP contribution < -0.4 is 5.73 Å². The number of amides is 1. The number of nitrogens with zero attached hydrogens (tertiary/aromatic N) is 2. The number of nitrogens with two attached hydrogens (primary N) is 1. The Labute approximate surface area is 118 Å². The third-order valence-corrected chi connectivity index (χ3v) is 4.30. The van der Waals surface area contributed by atoms with Crippen molar-refractivity contribution in [3.63, 3.8) is 0 Å². The molecule has 19 heavy (non-hydrogen) atoms.